The first-order valence-electron chi connectivity index (χ1n) is 4.95. The summed E-state index contributed by atoms with van der Waals surface area (Å²) in [5, 5.41) is 0. The minimum absolute atomic E-state index is 0. The fraction of sp³-hybridized carbons (Fsp3) is 0.167. The first-order valence-corrected chi connectivity index (χ1v) is 4.95. The van der Waals surface area contributed by atoms with E-state index < -0.39 is 0 Å². The van der Waals surface area contributed by atoms with Crippen LogP contribution in [0.1, 0.15) is 5.56 Å². The molecule has 0 spiro atoms. The van der Waals surface area contributed by atoms with Crippen LogP contribution >= 0.6 is 12.4 Å². The van der Waals surface area contributed by atoms with Crippen molar-refractivity contribution < 1.29 is 4.74 Å². The van der Waals surface area contributed by atoms with Gasteiger partial charge in [0.1, 0.15) is 5.75 Å². The number of hydrogen-bond acceptors (Lipinski definition) is 3. The van der Waals surface area contributed by atoms with Gasteiger partial charge in [-0.1, -0.05) is 0 Å². The van der Waals surface area contributed by atoms with E-state index in [0.29, 0.717) is 5.95 Å². The largest absolute Gasteiger partial charge is 0.497 e. The van der Waals surface area contributed by atoms with Crippen molar-refractivity contribution in [2.24, 2.45) is 12.0 Å². The predicted octanol–water partition coefficient (Wildman–Crippen LogP) is 2.60. The number of hydrogen-bond donors (Lipinski definition) is 0. The van der Waals surface area contributed by atoms with E-state index in [9.17, 15) is 0 Å². The van der Waals surface area contributed by atoms with Crippen LogP contribution in [0.4, 0.5) is 5.95 Å². The van der Waals surface area contributed by atoms with Crippen molar-refractivity contribution in [3.05, 3.63) is 42.2 Å². The lowest BCUT2D eigenvalue weighted by molar-refractivity contribution is 0.415. The van der Waals surface area contributed by atoms with Crippen molar-refractivity contribution in [1.82, 2.24) is 9.55 Å². The molecule has 4 nitrogen and oxygen atoms in total. The van der Waals surface area contributed by atoms with E-state index >= 15 is 0 Å². The lowest BCUT2D eigenvalue weighted by Crippen LogP contribution is -1.87. The lowest BCUT2D eigenvalue weighted by Gasteiger charge is -1.98. The van der Waals surface area contributed by atoms with Gasteiger partial charge in [-0.2, -0.15) is 0 Å². The van der Waals surface area contributed by atoms with E-state index in [-0.39, 0.29) is 12.4 Å². The normalized spacial score (nSPS) is 10.2. The highest BCUT2D eigenvalue weighted by Crippen LogP contribution is 2.11. The maximum absolute atomic E-state index is 5.08. The van der Waals surface area contributed by atoms with Crippen molar-refractivity contribution in [3.8, 4) is 5.75 Å². The molecule has 2 rings (SSSR count). The number of nitrogens with zero attached hydrogens (tertiary/aromatic N) is 3. The highest BCUT2D eigenvalue weighted by atomic mass is 35.5. The Balaban J connectivity index is 0.00000144. The molecule has 0 saturated carbocycles. The Bertz CT molecular complexity index is 491. The summed E-state index contributed by atoms with van der Waals surface area (Å²) in [6, 6.07) is 7.70. The van der Waals surface area contributed by atoms with Gasteiger partial charge < -0.3 is 9.30 Å². The number of halogens is 1. The molecule has 0 aliphatic heterocycles. The minimum Gasteiger partial charge on any atom is -0.497 e. The molecule has 1 aromatic heterocycles. The molecule has 1 heterocycles. The van der Waals surface area contributed by atoms with Crippen LogP contribution in [0.5, 0.6) is 5.75 Å². The zero-order chi connectivity index (χ0) is 11.4. The van der Waals surface area contributed by atoms with Gasteiger partial charge in [0, 0.05) is 25.7 Å². The molecule has 0 aliphatic carbocycles. The molecular weight excluding hydrogens is 238 g/mol. The van der Waals surface area contributed by atoms with Gasteiger partial charge in [0.2, 0.25) is 5.95 Å². The highest BCUT2D eigenvalue weighted by Gasteiger charge is 1.94. The summed E-state index contributed by atoms with van der Waals surface area (Å²) in [4.78, 5) is 8.38. The number of ether oxygens (including phenoxy) is 1. The molecule has 0 bridgehead atoms. The zero-order valence-electron chi connectivity index (χ0n) is 9.70. The summed E-state index contributed by atoms with van der Waals surface area (Å²) in [5.74, 6) is 1.53. The molecular formula is C12H14ClN3O. The monoisotopic (exact) mass is 251 g/mol. The van der Waals surface area contributed by atoms with Crippen molar-refractivity contribution in [2.45, 2.75) is 0 Å². The van der Waals surface area contributed by atoms with E-state index in [4.69, 9.17) is 4.74 Å². The summed E-state index contributed by atoms with van der Waals surface area (Å²) < 4.78 is 6.94. The van der Waals surface area contributed by atoms with Gasteiger partial charge in [0.15, 0.2) is 0 Å². The SMILES string of the molecule is COc1ccc(C=Nc2nccn2C)cc1.Cl. The Morgan fingerprint density at radius 1 is 1.29 bits per heavy atom. The molecule has 0 aliphatic rings. The van der Waals surface area contributed by atoms with E-state index in [2.05, 4.69) is 9.98 Å². The molecule has 0 N–H and O–H groups in total. The van der Waals surface area contributed by atoms with Crippen molar-refractivity contribution >= 4 is 24.6 Å². The van der Waals surface area contributed by atoms with Crippen LogP contribution < -0.4 is 4.74 Å². The molecule has 0 unspecified atom stereocenters. The second-order valence-corrected chi connectivity index (χ2v) is 3.37. The molecule has 0 amide bonds. The summed E-state index contributed by atoms with van der Waals surface area (Å²) in [6.07, 6.45) is 5.36. The first kappa shape index (κ1) is 13.3. The Hall–Kier alpha value is -1.81. The second kappa shape index (κ2) is 6.06. The average Bonchev–Trinajstić information content (AvgIpc) is 2.73. The molecule has 0 saturated heterocycles. The van der Waals surface area contributed by atoms with Crippen LogP contribution in [0.2, 0.25) is 0 Å². The Morgan fingerprint density at radius 2 is 2.00 bits per heavy atom. The van der Waals surface area contributed by atoms with E-state index in [0.717, 1.165) is 11.3 Å². The van der Waals surface area contributed by atoms with Gasteiger partial charge in [-0.15, -0.1) is 12.4 Å². The number of aryl methyl sites for hydroxylation is 1. The van der Waals surface area contributed by atoms with Gasteiger partial charge in [0.05, 0.1) is 7.11 Å². The fourth-order valence-corrected chi connectivity index (χ4v) is 1.30. The molecule has 17 heavy (non-hydrogen) atoms. The number of benzene rings is 1. The first-order chi connectivity index (χ1) is 7.79. The summed E-state index contributed by atoms with van der Waals surface area (Å²) >= 11 is 0. The van der Waals surface area contributed by atoms with Crippen LogP contribution in [0.15, 0.2) is 41.7 Å². The molecule has 1 aromatic carbocycles. The summed E-state index contributed by atoms with van der Waals surface area (Å²) in [7, 11) is 3.56. The van der Waals surface area contributed by atoms with Crippen LogP contribution in [0.25, 0.3) is 0 Å². The quantitative estimate of drug-likeness (QED) is 0.787. The maximum Gasteiger partial charge on any atom is 0.229 e. The number of imidazole rings is 1. The highest BCUT2D eigenvalue weighted by molar-refractivity contribution is 5.85. The summed E-state index contributed by atoms with van der Waals surface area (Å²) in [6.45, 7) is 0. The molecule has 90 valence electrons. The minimum atomic E-state index is 0. The lowest BCUT2D eigenvalue weighted by atomic mass is 10.2. The van der Waals surface area contributed by atoms with Crippen LogP contribution in [-0.2, 0) is 7.05 Å². The third-order valence-corrected chi connectivity index (χ3v) is 2.24. The van der Waals surface area contributed by atoms with Crippen LogP contribution in [0, 0.1) is 0 Å². The van der Waals surface area contributed by atoms with Gasteiger partial charge in [-0.05, 0) is 29.8 Å². The smallest absolute Gasteiger partial charge is 0.229 e. The average molecular weight is 252 g/mol. The second-order valence-electron chi connectivity index (χ2n) is 3.37. The molecule has 0 radical (unpaired) electrons. The summed E-state index contributed by atoms with van der Waals surface area (Å²) in [5.41, 5.74) is 1.02. The zero-order valence-corrected chi connectivity index (χ0v) is 10.5. The van der Waals surface area contributed by atoms with E-state index in [1.807, 2.05) is 42.1 Å². The molecule has 5 heteroatoms. The number of aromatic nitrogens is 2. The van der Waals surface area contributed by atoms with E-state index in [1.54, 1.807) is 19.5 Å². The third-order valence-electron chi connectivity index (χ3n) is 2.24. The van der Waals surface area contributed by atoms with Gasteiger partial charge in [0.25, 0.3) is 0 Å². The maximum atomic E-state index is 5.08. The van der Waals surface area contributed by atoms with Gasteiger partial charge >= 0.3 is 0 Å². The van der Waals surface area contributed by atoms with Gasteiger partial charge in [-0.25, -0.2) is 9.98 Å². The van der Waals surface area contributed by atoms with Crippen molar-refractivity contribution in [2.75, 3.05) is 7.11 Å². The standard InChI is InChI=1S/C12H13N3O.ClH/c1-15-8-7-13-12(15)14-9-10-3-5-11(16-2)6-4-10;/h3-9H,1-2H3;1H. The van der Waals surface area contributed by atoms with Gasteiger partial charge in [-0.3, -0.25) is 0 Å². The number of rotatable bonds is 3. The number of methoxy groups -OCH3 is 1. The van der Waals surface area contributed by atoms with Crippen molar-refractivity contribution in [3.63, 3.8) is 0 Å². The number of aliphatic imine (C=N–C) groups is 1. The molecule has 2 aromatic rings. The Morgan fingerprint density at radius 3 is 2.53 bits per heavy atom. The van der Waals surface area contributed by atoms with Crippen molar-refractivity contribution in [1.29, 1.82) is 0 Å². The topological polar surface area (TPSA) is 39.4 Å². The predicted molar refractivity (Wildman–Crippen MR) is 70.7 cm³/mol. The fourth-order valence-electron chi connectivity index (χ4n) is 1.30. The Kier molecular flexibility index (Phi) is 4.72. The third kappa shape index (κ3) is 3.32. The van der Waals surface area contributed by atoms with Crippen LogP contribution in [0.3, 0.4) is 0 Å². The Labute approximate surface area is 106 Å². The molecule has 0 atom stereocenters. The van der Waals surface area contributed by atoms with Crippen LogP contribution in [-0.4, -0.2) is 22.9 Å². The molecule has 0 fully saturated rings. The van der Waals surface area contributed by atoms with E-state index in [1.165, 1.54) is 0 Å².